The Labute approximate surface area is 117 Å². The average molecular weight is 273 g/mol. The summed E-state index contributed by atoms with van der Waals surface area (Å²) in [6, 6.07) is 0.516. The summed E-state index contributed by atoms with van der Waals surface area (Å²) in [6.07, 6.45) is 5.58. The predicted octanol–water partition coefficient (Wildman–Crippen LogP) is 1.48. The number of hydrogen-bond donors (Lipinski definition) is 2. The molecule has 1 saturated carbocycles. The minimum atomic E-state index is 0.336. The van der Waals surface area contributed by atoms with Gasteiger partial charge in [-0.2, -0.15) is 4.98 Å². The van der Waals surface area contributed by atoms with Crippen LogP contribution >= 0.6 is 0 Å². The Bertz CT molecular complexity index is 642. The highest BCUT2D eigenvalue weighted by atomic mass is 16.3. The Morgan fingerprint density at radius 1 is 1.35 bits per heavy atom. The summed E-state index contributed by atoms with van der Waals surface area (Å²) in [6.45, 7) is 1.86. The minimum absolute atomic E-state index is 0.336. The van der Waals surface area contributed by atoms with Crippen LogP contribution in [0.4, 0.5) is 11.8 Å². The Hall–Kier alpha value is -1.82. The molecule has 20 heavy (non-hydrogen) atoms. The number of nitrogens with two attached hydrogens (primary N) is 1. The lowest BCUT2D eigenvalue weighted by atomic mass is 9.81. The number of nitrogens with zero attached hydrogens (tertiary/aromatic N) is 3. The van der Waals surface area contributed by atoms with Crippen molar-refractivity contribution in [2.75, 3.05) is 30.8 Å². The van der Waals surface area contributed by atoms with Gasteiger partial charge in [-0.1, -0.05) is 6.42 Å². The van der Waals surface area contributed by atoms with E-state index in [0.29, 0.717) is 17.9 Å². The zero-order chi connectivity index (χ0) is 13.7. The van der Waals surface area contributed by atoms with Gasteiger partial charge in [0.1, 0.15) is 5.52 Å². The van der Waals surface area contributed by atoms with Crippen LogP contribution in [0.5, 0.6) is 0 Å². The Balaban J connectivity index is 1.75. The van der Waals surface area contributed by atoms with Crippen molar-refractivity contribution in [1.29, 1.82) is 0 Å². The lowest BCUT2D eigenvalue weighted by molar-refractivity contribution is 0.417. The van der Waals surface area contributed by atoms with Crippen molar-refractivity contribution in [2.24, 2.45) is 0 Å². The lowest BCUT2D eigenvalue weighted by Crippen LogP contribution is -2.57. The molecule has 0 radical (unpaired) electrons. The fourth-order valence-electron chi connectivity index (χ4n) is 3.00. The summed E-state index contributed by atoms with van der Waals surface area (Å²) in [5.41, 5.74) is 8.79. The van der Waals surface area contributed by atoms with Crippen LogP contribution in [0.2, 0.25) is 0 Å². The molecule has 3 heterocycles. The molecular formula is C14H19N5O. The molecule has 1 saturated heterocycles. The first-order chi connectivity index (χ1) is 9.76. The summed E-state index contributed by atoms with van der Waals surface area (Å²) in [5.74, 6) is 1.76. The number of hydrogen-bond acceptors (Lipinski definition) is 6. The van der Waals surface area contributed by atoms with E-state index in [0.717, 1.165) is 30.0 Å². The normalized spacial score (nSPS) is 20.1. The van der Waals surface area contributed by atoms with Crippen LogP contribution < -0.4 is 16.0 Å². The van der Waals surface area contributed by atoms with E-state index in [9.17, 15) is 0 Å². The van der Waals surface area contributed by atoms with Crippen LogP contribution in [0.15, 0.2) is 10.7 Å². The van der Waals surface area contributed by atoms with Crippen LogP contribution in [0, 0.1) is 0 Å². The third-order valence-corrected chi connectivity index (χ3v) is 4.58. The molecule has 1 aliphatic carbocycles. The van der Waals surface area contributed by atoms with Crippen LogP contribution in [-0.2, 0) is 0 Å². The van der Waals surface area contributed by atoms with Crippen molar-refractivity contribution in [2.45, 2.75) is 31.2 Å². The molecule has 0 aromatic carbocycles. The van der Waals surface area contributed by atoms with Gasteiger partial charge in [0.2, 0.25) is 5.95 Å². The number of fused-ring (bicyclic) bond motifs is 1. The summed E-state index contributed by atoms with van der Waals surface area (Å²) >= 11 is 0. The van der Waals surface area contributed by atoms with Crippen molar-refractivity contribution >= 4 is 22.9 Å². The van der Waals surface area contributed by atoms with E-state index in [4.69, 9.17) is 10.2 Å². The predicted molar refractivity (Wildman–Crippen MR) is 77.9 cm³/mol. The molecule has 0 amide bonds. The van der Waals surface area contributed by atoms with Crippen LogP contribution in [-0.4, -0.2) is 36.1 Å². The van der Waals surface area contributed by atoms with E-state index < -0.39 is 0 Å². The number of anilines is 2. The van der Waals surface area contributed by atoms with Gasteiger partial charge in [0.05, 0.1) is 6.26 Å². The number of nitrogens with one attached hydrogen (secondary N) is 1. The zero-order valence-corrected chi connectivity index (χ0v) is 11.6. The molecule has 2 aromatic heterocycles. The molecule has 3 N–H and O–H groups in total. The molecule has 1 aliphatic heterocycles. The number of aromatic nitrogens is 2. The molecule has 6 nitrogen and oxygen atoms in total. The second-order valence-electron chi connectivity index (χ2n) is 5.79. The first-order valence-electron chi connectivity index (χ1n) is 7.23. The summed E-state index contributed by atoms with van der Waals surface area (Å²) in [7, 11) is 1.98. The molecule has 4 rings (SSSR count). The van der Waals surface area contributed by atoms with Crippen molar-refractivity contribution in [3.63, 3.8) is 0 Å². The van der Waals surface area contributed by atoms with Crippen molar-refractivity contribution < 1.29 is 4.42 Å². The van der Waals surface area contributed by atoms with Crippen molar-refractivity contribution in [3.8, 4) is 0 Å². The maximum absolute atomic E-state index is 5.89. The molecule has 0 bridgehead atoms. The van der Waals surface area contributed by atoms with Crippen molar-refractivity contribution in [3.05, 3.63) is 11.8 Å². The van der Waals surface area contributed by atoms with Gasteiger partial charge in [-0.15, -0.1) is 0 Å². The third kappa shape index (κ3) is 1.67. The van der Waals surface area contributed by atoms with Gasteiger partial charge in [0.15, 0.2) is 11.4 Å². The van der Waals surface area contributed by atoms with Gasteiger partial charge in [-0.05, 0) is 25.8 Å². The van der Waals surface area contributed by atoms with E-state index in [1.165, 1.54) is 24.8 Å². The Kier molecular flexibility index (Phi) is 2.60. The molecule has 2 fully saturated rings. The lowest BCUT2D eigenvalue weighted by Gasteiger charge is -2.39. The number of likely N-dealkylation sites (N-methyl/N-ethyl adjacent to an activating group) is 1. The molecule has 6 heteroatoms. The molecule has 2 aliphatic rings. The molecule has 106 valence electrons. The summed E-state index contributed by atoms with van der Waals surface area (Å²) in [4.78, 5) is 11.0. The van der Waals surface area contributed by atoms with Crippen LogP contribution in [0.1, 0.15) is 30.7 Å². The van der Waals surface area contributed by atoms with E-state index >= 15 is 0 Å². The molecule has 0 atom stereocenters. The maximum atomic E-state index is 5.89. The minimum Gasteiger partial charge on any atom is -0.458 e. The Morgan fingerprint density at radius 3 is 2.80 bits per heavy atom. The molecular weight excluding hydrogens is 254 g/mol. The number of rotatable bonds is 3. The summed E-state index contributed by atoms with van der Waals surface area (Å²) in [5, 5.41) is 3.26. The van der Waals surface area contributed by atoms with Crippen LogP contribution in [0.3, 0.4) is 0 Å². The first kappa shape index (κ1) is 12.0. The van der Waals surface area contributed by atoms with Gasteiger partial charge >= 0.3 is 0 Å². The van der Waals surface area contributed by atoms with E-state index in [1.807, 2.05) is 13.3 Å². The van der Waals surface area contributed by atoms with Gasteiger partial charge in [0.25, 0.3) is 0 Å². The smallest absolute Gasteiger partial charge is 0.222 e. The van der Waals surface area contributed by atoms with Crippen LogP contribution in [0.25, 0.3) is 11.1 Å². The average Bonchev–Trinajstić information content (AvgIpc) is 2.69. The highest BCUT2D eigenvalue weighted by molar-refractivity contribution is 5.88. The SMILES string of the molecule is CNC1CN(c2nc(N)nc3c(C4CCC4)coc23)C1. The topological polar surface area (TPSA) is 80.2 Å². The van der Waals surface area contributed by atoms with Gasteiger partial charge in [0, 0.05) is 24.7 Å². The molecule has 2 aromatic rings. The van der Waals surface area contributed by atoms with Gasteiger partial charge in [-0.25, -0.2) is 4.98 Å². The molecule has 0 unspecified atom stereocenters. The molecule has 0 spiro atoms. The Morgan fingerprint density at radius 2 is 2.15 bits per heavy atom. The highest BCUT2D eigenvalue weighted by Gasteiger charge is 2.31. The number of furan rings is 1. The van der Waals surface area contributed by atoms with Gasteiger partial charge in [-0.3, -0.25) is 0 Å². The second-order valence-corrected chi connectivity index (χ2v) is 5.79. The standard InChI is InChI=1S/C14H19N5O/c1-16-9-5-19(6-9)13-12-11(17-14(15)18-13)10(7-20-12)8-3-2-4-8/h7-9,16H,2-6H2,1H3,(H2,15,17,18). The largest absolute Gasteiger partial charge is 0.458 e. The summed E-state index contributed by atoms with van der Waals surface area (Å²) < 4.78 is 5.78. The second kappa shape index (κ2) is 4.34. The number of nitrogen functional groups attached to an aromatic ring is 1. The van der Waals surface area contributed by atoms with E-state index in [2.05, 4.69) is 20.2 Å². The van der Waals surface area contributed by atoms with Crippen molar-refractivity contribution in [1.82, 2.24) is 15.3 Å². The van der Waals surface area contributed by atoms with E-state index in [1.54, 1.807) is 0 Å². The quantitative estimate of drug-likeness (QED) is 0.881. The monoisotopic (exact) mass is 273 g/mol. The van der Waals surface area contributed by atoms with Gasteiger partial charge < -0.3 is 20.4 Å². The zero-order valence-electron chi connectivity index (χ0n) is 11.6. The fraction of sp³-hybridized carbons (Fsp3) is 0.571. The first-order valence-corrected chi connectivity index (χ1v) is 7.23. The fourth-order valence-corrected chi connectivity index (χ4v) is 3.00. The maximum Gasteiger partial charge on any atom is 0.222 e. The highest BCUT2D eigenvalue weighted by Crippen LogP contribution is 2.41. The van der Waals surface area contributed by atoms with E-state index in [-0.39, 0.29) is 0 Å². The third-order valence-electron chi connectivity index (χ3n) is 4.58.